The summed E-state index contributed by atoms with van der Waals surface area (Å²) in [5, 5.41) is 15.7. The van der Waals surface area contributed by atoms with Crippen LogP contribution in [0, 0.1) is 0 Å². The largest absolute Gasteiger partial charge is 0.384 e. The number of hydrogen-bond donors (Lipinski definition) is 4. The second-order valence-corrected chi connectivity index (χ2v) is 5.25. The van der Waals surface area contributed by atoms with Crippen LogP contribution < -0.4 is 11.1 Å². The number of nitrogens with two attached hydrogens (primary N) is 1. The van der Waals surface area contributed by atoms with Crippen molar-refractivity contribution in [2.75, 3.05) is 5.73 Å². The predicted molar refractivity (Wildman–Crippen MR) is 69.3 cm³/mol. The lowest BCUT2D eigenvalue weighted by Crippen LogP contribution is -2.24. The van der Waals surface area contributed by atoms with Crippen LogP contribution in [-0.2, 0) is 12.0 Å². The summed E-state index contributed by atoms with van der Waals surface area (Å²) >= 11 is 0. The number of H-pyrrole nitrogens is 2. The Morgan fingerprint density at radius 1 is 1.42 bits per heavy atom. The van der Waals surface area contributed by atoms with E-state index in [1.165, 1.54) is 0 Å². The lowest BCUT2D eigenvalue weighted by molar-refractivity contribution is 0.0941. The summed E-state index contributed by atoms with van der Waals surface area (Å²) in [5.74, 6) is 0.866. The lowest BCUT2D eigenvalue weighted by Gasteiger charge is -2.12. The van der Waals surface area contributed by atoms with Crippen molar-refractivity contribution in [3.63, 3.8) is 0 Å². The number of nitrogen functional groups attached to an aromatic ring is 1. The van der Waals surface area contributed by atoms with Crippen molar-refractivity contribution in [2.45, 2.75) is 32.7 Å². The molecule has 0 aliphatic carbocycles. The van der Waals surface area contributed by atoms with Gasteiger partial charge >= 0.3 is 0 Å². The first-order valence-corrected chi connectivity index (χ1v) is 5.86. The fourth-order valence-corrected chi connectivity index (χ4v) is 1.42. The van der Waals surface area contributed by atoms with Crippen molar-refractivity contribution in [1.82, 2.24) is 30.7 Å². The Kier molecular flexibility index (Phi) is 3.24. The maximum atomic E-state index is 11.9. The molecule has 0 radical (unpaired) electrons. The molecule has 0 unspecified atom stereocenters. The fourth-order valence-electron chi connectivity index (χ4n) is 1.42. The van der Waals surface area contributed by atoms with Crippen molar-refractivity contribution in [3.05, 3.63) is 23.4 Å². The maximum Gasteiger partial charge on any atom is 0.291 e. The van der Waals surface area contributed by atoms with E-state index in [1.54, 1.807) is 6.20 Å². The molecule has 0 saturated heterocycles. The van der Waals surface area contributed by atoms with E-state index >= 15 is 0 Å². The molecule has 0 aliphatic heterocycles. The number of carbonyl (C=O) groups is 1. The summed E-state index contributed by atoms with van der Waals surface area (Å²) in [5.41, 5.74) is 6.16. The number of nitrogens with zero attached hydrogens (tertiary/aromatic N) is 3. The van der Waals surface area contributed by atoms with Gasteiger partial charge in [-0.2, -0.15) is 5.10 Å². The molecular weight excluding hydrogens is 246 g/mol. The second kappa shape index (κ2) is 4.71. The third-order valence-corrected chi connectivity index (χ3v) is 2.59. The summed E-state index contributed by atoms with van der Waals surface area (Å²) in [4.78, 5) is 16.0. The standard InChI is InChI=1S/C11H17N7O/c1-11(2,3)10-15-8(17-18-10)9(19)13-4-6-5-14-16-7(6)12/h5H,4H2,1-3H3,(H,13,19)(H3,12,14,16)(H,15,17,18). The van der Waals surface area contributed by atoms with Gasteiger partial charge in [-0.3, -0.25) is 15.0 Å². The molecule has 2 aromatic heterocycles. The van der Waals surface area contributed by atoms with Gasteiger partial charge < -0.3 is 11.1 Å². The molecule has 5 N–H and O–H groups in total. The lowest BCUT2D eigenvalue weighted by atomic mass is 9.96. The zero-order valence-corrected chi connectivity index (χ0v) is 11.1. The number of hydrogen-bond acceptors (Lipinski definition) is 5. The summed E-state index contributed by atoms with van der Waals surface area (Å²) in [6, 6.07) is 0. The Bertz CT molecular complexity index is 578. The molecule has 0 fully saturated rings. The van der Waals surface area contributed by atoms with Crippen molar-refractivity contribution < 1.29 is 4.79 Å². The van der Waals surface area contributed by atoms with E-state index < -0.39 is 0 Å². The molecule has 19 heavy (non-hydrogen) atoms. The Labute approximate surface area is 110 Å². The molecule has 2 heterocycles. The second-order valence-electron chi connectivity index (χ2n) is 5.25. The topological polar surface area (TPSA) is 125 Å². The number of carbonyl (C=O) groups excluding carboxylic acids is 1. The predicted octanol–water partition coefficient (Wildman–Crippen LogP) is 0.337. The van der Waals surface area contributed by atoms with Crippen LogP contribution in [0.4, 0.5) is 5.82 Å². The van der Waals surface area contributed by atoms with Crippen LogP contribution in [0.15, 0.2) is 6.20 Å². The number of rotatable bonds is 3. The summed E-state index contributed by atoms with van der Waals surface area (Å²) in [7, 11) is 0. The first-order chi connectivity index (χ1) is 8.88. The molecule has 2 aromatic rings. The highest BCUT2D eigenvalue weighted by Crippen LogP contribution is 2.17. The van der Waals surface area contributed by atoms with Gasteiger partial charge in [0.1, 0.15) is 11.6 Å². The quantitative estimate of drug-likeness (QED) is 0.635. The first kappa shape index (κ1) is 13.1. The van der Waals surface area contributed by atoms with Crippen LogP contribution in [0.5, 0.6) is 0 Å². The van der Waals surface area contributed by atoms with E-state index in [0.717, 1.165) is 5.56 Å². The molecule has 0 bridgehead atoms. The van der Waals surface area contributed by atoms with E-state index in [9.17, 15) is 4.79 Å². The average molecular weight is 263 g/mol. The molecule has 0 aliphatic rings. The van der Waals surface area contributed by atoms with Crippen LogP contribution in [0.3, 0.4) is 0 Å². The molecule has 2 rings (SSSR count). The van der Waals surface area contributed by atoms with Gasteiger partial charge in [-0.05, 0) is 0 Å². The van der Waals surface area contributed by atoms with Crippen LogP contribution in [0.1, 0.15) is 42.8 Å². The third kappa shape index (κ3) is 2.90. The number of aromatic nitrogens is 5. The van der Waals surface area contributed by atoms with Crippen LogP contribution in [-0.4, -0.2) is 31.3 Å². The first-order valence-electron chi connectivity index (χ1n) is 5.86. The number of nitrogens with one attached hydrogen (secondary N) is 3. The highest BCUT2D eigenvalue weighted by Gasteiger charge is 2.21. The van der Waals surface area contributed by atoms with Crippen LogP contribution >= 0.6 is 0 Å². The van der Waals surface area contributed by atoms with Gasteiger partial charge in [0.2, 0.25) is 5.82 Å². The van der Waals surface area contributed by atoms with Gasteiger partial charge in [0.25, 0.3) is 5.91 Å². The Hall–Kier alpha value is -2.38. The molecule has 0 spiro atoms. The number of anilines is 1. The summed E-state index contributed by atoms with van der Waals surface area (Å²) in [6.45, 7) is 6.24. The summed E-state index contributed by atoms with van der Waals surface area (Å²) < 4.78 is 0. The van der Waals surface area contributed by atoms with Crippen LogP contribution in [0.25, 0.3) is 0 Å². The van der Waals surface area contributed by atoms with Gasteiger partial charge in [-0.1, -0.05) is 20.8 Å². The van der Waals surface area contributed by atoms with E-state index in [0.29, 0.717) is 11.6 Å². The minimum Gasteiger partial charge on any atom is -0.384 e. The van der Waals surface area contributed by atoms with Gasteiger partial charge in [-0.25, -0.2) is 4.98 Å². The van der Waals surface area contributed by atoms with Gasteiger partial charge in [0.05, 0.1) is 6.20 Å². The highest BCUT2D eigenvalue weighted by atomic mass is 16.2. The van der Waals surface area contributed by atoms with Gasteiger partial charge in [0, 0.05) is 17.5 Å². The molecule has 0 atom stereocenters. The molecular formula is C11H17N7O. The van der Waals surface area contributed by atoms with E-state index in [4.69, 9.17) is 5.73 Å². The summed E-state index contributed by atoms with van der Waals surface area (Å²) in [6.07, 6.45) is 1.56. The minimum absolute atomic E-state index is 0.118. The molecule has 0 saturated carbocycles. The fraction of sp³-hybridized carbons (Fsp3) is 0.455. The van der Waals surface area contributed by atoms with Crippen molar-refractivity contribution >= 4 is 11.7 Å². The smallest absolute Gasteiger partial charge is 0.291 e. The zero-order chi connectivity index (χ0) is 14.0. The number of amides is 1. The van der Waals surface area contributed by atoms with Crippen molar-refractivity contribution in [1.29, 1.82) is 0 Å². The van der Waals surface area contributed by atoms with Gasteiger partial charge in [-0.15, -0.1) is 5.10 Å². The average Bonchev–Trinajstić information content (AvgIpc) is 2.93. The van der Waals surface area contributed by atoms with Crippen molar-refractivity contribution in [3.8, 4) is 0 Å². The minimum atomic E-state index is -0.354. The van der Waals surface area contributed by atoms with Gasteiger partial charge in [0.15, 0.2) is 0 Å². The normalized spacial score (nSPS) is 11.5. The molecule has 8 heteroatoms. The highest BCUT2D eigenvalue weighted by molar-refractivity contribution is 5.90. The van der Waals surface area contributed by atoms with E-state index in [2.05, 4.69) is 30.7 Å². The Morgan fingerprint density at radius 2 is 2.16 bits per heavy atom. The number of aromatic amines is 2. The third-order valence-electron chi connectivity index (χ3n) is 2.59. The zero-order valence-electron chi connectivity index (χ0n) is 11.1. The Morgan fingerprint density at radius 3 is 2.68 bits per heavy atom. The Balaban J connectivity index is 2.01. The monoisotopic (exact) mass is 263 g/mol. The van der Waals surface area contributed by atoms with E-state index in [-0.39, 0.29) is 23.7 Å². The van der Waals surface area contributed by atoms with E-state index in [1.807, 2.05) is 20.8 Å². The maximum absolute atomic E-state index is 11.9. The SMILES string of the molecule is CC(C)(C)c1nc(C(=O)NCc2cn[nH]c2N)n[nH]1. The molecule has 0 aromatic carbocycles. The molecule has 102 valence electrons. The molecule has 1 amide bonds. The van der Waals surface area contributed by atoms with Crippen LogP contribution in [0.2, 0.25) is 0 Å². The van der Waals surface area contributed by atoms with Crippen molar-refractivity contribution in [2.24, 2.45) is 0 Å². The molecule has 8 nitrogen and oxygen atoms in total.